The van der Waals surface area contributed by atoms with E-state index in [-0.39, 0.29) is 5.78 Å². The van der Waals surface area contributed by atoms with Gasteiger partial charge < -0.3 is 4.74 Å². The van der Waals surface area contributed by atoms with Crippen molar-refractivity contribution in [1.29, 1.82) is 0 Å². The number of rotatable bonds is 4. The normalized spacial score (nSPS) is 14.7. The molecule has 0 N–H and O–H groups in total. The lowest BCUT2D eigenvalue weighted by Crippen LogP contribution is -2.36. The van der Waals surface area contributed by atoms with E-state index in [4.69, 9.17) is 16.3 Å². The molecule has 0 aliphatic rings. The van der Waals surface area contributed by atoms with Crippen molar-refractivity contribution in [3.05, 3.63) is 34.9 Å². The van der Waals surface area contributed by atoms with Crippen molar-refractivity contribution in [3.63, 3.8) is 0 Å². The minimum absolute atomic E-state index is 0.0100. The van der Waals surface area contributed by atoms with E-state index in [1.165, 1.54) is 0 Å². The van der Waals surface area contributed by atoms with E-state index in [0.29, 0.717) is 17.0 Å². The molecule has 0 aliphatic carbocycles. The van der Waals surface area contributed by atoms with Crippen LogP contribution in [0.5, 0.6) is 0 Å². The number of ether oxygens (including phenoxy) is 1. The summed E-state index contributed by atoms with van der Waals surface area (Å²) in [5, 5.41) is 0.627. The average molecular weight is 227 g/mol. The van der Waals surface area contributed by atoms with Gasteiger partial charge in [-0.25, -0.2) is 0 Å². The van der Waals surface area contributed by atoms with Crippen LogP contribution in [0.2, 0.25) is 5.02 Å². The zero-order valence-electron chi connectivity index (χ0n) is 9.21. The molecule has 1 atom stereocenters. The van der Waals surface area contributed by atoms with E-state index in [9.17, 15) is 4.79 Å². The van der Waals surface area contributed by atoms with Crippen LogP contribution in [-0.4, -0.2) is 18.5 Å². The smallest absolute Gasteiger partial charge is 0.194 e. The monoisotopic (exact) mass is 226 g/mol. The van der Waals surface area contributed by atoms with Gasteiger partial charge in [-0.2, -0.15) is 0 Å². The maximum atomic E-state index is 12.1. The number of ketones is 1. The fraction of sp³-hybridized carbons (Fsp3) is 0.417. The standard InChI is InChI=1S/C12H15ClO2/c1-4-12(2,15-3)11(14)9-5-7-10(13)8-6-9/h5-8H,4H2,1-3H3. The van der Waals surface area contributed by atoms with Gasteiger partial charge in [0.2, 0.25) is 0 Å². The summed E-state index contributed by atoms with van der Waals surface area (Å²) in [6.45, 7) is 3.72. The summed E-state index contributed by atoms with van der Waals surface area (Å²) in [7, 11) is 1.55. The van der Waals surface area contributed by atoms with Gasteiger partial charge in [-0.3, -0.25) is 4.79 Å². The van der Waals surface area contributed by atoms with Gasteiger partial charge in [0.05, 0.1) is 0 Å². The summed E-state index contributed by atoms with van der Waals surface area (Å²) in [6, 6.07) is 6.86. The van der Waals surface area contributed by atoms with Crippen molar-refractivity contribution in [1.82, 2.24) is 0 Å². The second-order valence-corrected chi connectivity index (χ2v) is 4.06. The molecule has 3 heteroatoms. The Morgan fingerprint density at radius 3 is 2.33 bits per heavy atom. The molecule has 82 valence electrons. The second-order valence-electron chi connectivity index (χ2n) is 3.62. The molecule has 1 rings (SSSR count). The lowest BCUT2D eigenvalue weighted by atomic mass is 9.92. The van der Waals surface area contributed by atoms with E-state index in [0.717, 1.165) is 0 Å². The number of methoxy groups -OCH3 is 1. The van der Waals surface area contributed by atoms with E-state index in [2.05, 4.69) is 0 Å². The van der Waals surface area contributed by atoms with Crippen molar-refractivity contribution in [2.24, 2.45) is 0 Å². The molecule has 0 spiro atoms. The summed E-state index contributed by atoms with van der Waals surface area (Å²) in [6.07, 6.45) is 0.644. The van der Waals surface area contributed by atoms with Crippen molar-refractivity contribution < 1.29 is 9.53 Å². The van der Waals surface area contributed by atoms with Crippen molar-refractivity contribution in [3.8, 4) is 0 Å². The van der Waals surface area contributed by atoms with Gasteiger partial charge in [-0.15, -0.1) is 0 Å². The number of halogens is 1. The van der Waals surface area contributed by atoms with Crippen LogP contribution in [0.15, 0.2) is 24.3 Å². The molecule has 1 aromatic carbocycles. The fourth-order valence-corrected chi connectivity index (χ4v) is 1.43. The van der Waals surface area contributed by atoms with Crippen LogP contribution >= 0.6 is 11.6 Å². The van der Waals surface area contributed by atoms with Crippen LogP contribution in [0.3, 0.4) is 0 Å². The van der Waals surface area contributed by atoms with Crippen molar-refractivity contribution in [2.45, 2.75) is 25.9 Å². The molecule has 0 aliphatic heterocycles. The molecule has 0 bridgehead atoms. The maximum absolute atomic E-state index is 12.1. The number of benzene rings is 1. The Morgan fingerprint density at radius 1 is 1.40 bits per heavy atom. The molecule has 0 saturated carbocycles. The van der Waals surface area contributed by atoms with Crippen LogP contribution in [0, 0.1) is 0 Å². The lowest BCUT2D eigenvalue weighted by molar-refractivity contribution is 0.0106. The second kappa shape index (κ2) is 4.77. The molecule has 1 aromatic rings. The first kappa shape index (κ1) is 12.2. The molecule has 0 radical (unpaired) electrons. The largest absolute Gasteiger partial charge is 0.370 e. The Balaban J connectivity index is 2.98. The summed E-state index contributed by atoms with van der Waals surface area (Å²) in [4.78, 5) is 12.1. The lowest BCUT2D eigenvalue weighted by Gasteiger charge is -2.24. The quantitative estimate of drug-likeness (QED) is 0.736. The molecule has 0 saturated heterocycles. The highest BCUT2D eigenvalue weighted by Gasteiger charge is 2.31. The van der Waals surface area contributed by atoms with Crippen LogP contribution in [-0.2, 0) is 4.74 Å². The fourth-order valence-electron chi connectivity index (χ4n) is 1.30. The highest BCUT2D eigenvalue weighted by atomic mass is 35.5. The third-order valence-corrected chi connectivity index (χ3v) is 2.96. The van der Waals surface area contributed by atoms with E-state index >= 15 is 0 Å². The number of carbonyl (C=O) groups is 1. The minimum atomic E-state index is -0.742. The summed E-state index contributed by atoms with van der Waals surface area (Å²) in [5.41, 5.74) is -0.112. The molecule has 0 aromatic heterocycles. The van der Waals surface area contributed by atoms with Gasteiger partial charge in [0.15, 0.2) is 5.78 Å². The van der Waals surface area contributed by atoms with Crippen LogP contribution < -0.4 is 0 Å². The summed E-state index contributed by atoms with van der Waals surface area (Å²) >= 11 is 5.76. The zero-order chi connectivity index (χ0) is 11.5. The highest BCUT2D eigenvalue weighted by Crippen LogP contribution is 2.21. The molecular weight excluding hydrogens is 212 g/mol. The van der Waals surface area contributed by atoms with Gasteiger partial charge in [0, 0.05) is 17.7 Å². The Bertz CT molecular complexity index is 339. The van der Waals surface area contributed by atoms with Gasteiger partial charge in [0.1, 0.15) is 5.60 Å². The van der Waals surface area contributed by atoms with Gasteiger partial charge in [0.25, 0.3) is 0 Å². The average Bonchev–Trinajstić information content (AvgIpc) is 2.28. The number of carbonyl (C=O) groups excluding carboxylic acids is 1. The van der Waals surface area contributed by atoms with E-state index in [1.54, 1.807) is 38.3 Å². The molecule has 0 amide bonds. The molecule has 0 fully saturated rings. The summed E-state index contributed by atoms with van der Waals surface area (Å²) in [5.74, 6) is -0.0100. The Labute approximate surface area is 95.2 Å². The predicted octanol–water partition coefficient (Wildman–Crippen LogP) is 3.34. The first-order valence-electron chi connectivity index (χ1n) is 4.89. The Kier molecular flexibility index (Phi) is 3.89. The molecule has 0 heterocycles. The van der Waals surface area contributed by atoms with Gasteiger partial charge in [-0.1, -0.05) is 18.5 Å². The SMILES string of the molecule is CCC(C)(OC)C(=O)c1ccc(Cl)cc1. The third kappa shape index (κ3) is 2.58. The highest BCUT2D eigenvalue weighted by molar-refractivity contribution is 6.30. The zero-order valence-corrected chi connectivity index (χ0v) is 9.97. The Hall–Kier alpha value is -0.860. The topological polar surface area (TPSA) is 26.3 Å². The third-order valence-electron chi connectivity index (χ3n) is 2.71. The van der Waals surface area contributed by atoms with Gasteiger partial charge in [-0.05, 0) is 37.6 Å². The maximum Gasteiger partial charge on any atom is 0.194 e. The molecule has 15 heavy (non-hydrogen) atoms. The molecule has 2 nitrogen and oxygen atoms in total. The first-order chi connectivity index (χ1) is 7.03. The number of hydrogen-bond acceptors (Lipinski definition) is 2. The molecule has 1 unspecified atom stereocenters. The van der Waals surface area contributed by atoms with E-state index in [1.807, 2.05) is 6.92 Å². The first-order valence-corrected chi connectivity index (χ1v) is 5.27. The van der Waals surface area contributed by atoms with Crippen LogP contribution in [0.1, 0.15) is 30.6 Å². The molecular formula is C12H15ClO2. The van der Waals surface area contributed by atoms with Crippen LogP contribution in [0.4, 0.5) is 0 Å². The van der Waals surface area contributed by atoms with E-state index < -0.39 is 5.60 Å². The Morgan fingerprint density at radius 2 is 1.93 bits per heavy atom. The number of hydrogen-bond donors (Lipinski definition) is 0. The van der Waals surface area contributed by atoms with Crippen molar-refractivity contribution >= 4 is 17.4 Å². The minimum Gasteiger partial charge on any atom is -0.370 e. The number of Topliss-reactive ketones (excluding diaryl/α,β-unsaturated/α-hetero) is 1. The van der Waals surface area contributed by atoms with Gasteiger partial charge >= 0.3 is 0 Å². The van der Waals surface area contributed by atoms with Crippen molar-refractivity contribution in [2.75, 3.05) is 7.11 Å². The van der Waals surface area contributed by atoms with Crippen LogP contribution in [0.25, 0.3) is 0 Å². The summed E-state index contributed by atoms with van der Waals surface area (Å²) < 4.78 is 5.25. The predicted molar refractivity (Wildman–Crippen MR) is 61.5 cm³/mol.